The summed E-state index contributed by atoms with van der Waals surface area (Å²) in [5.74, 6) is 1.44. The number of nitrogens with zero attached hydrogens (tertiary/aromatic N) is 2. The minimum Gasteiger partial charge on any atom is -0.484 e. The zero-order valence-electron chi connectivity index (χ0n) is 15.7. The van der Waals surface area contributed by atoms with Crippen molar-refractivity contribution >= 4 is 5.91 Å². The van der Waals surface area contributed by atoms with E-state index in [9.17, 15) is 4.79 Å². The van der Waals surface area contributed by atoms with Crippen molar-refractivity contribution < 1.29 is 14.1 Å². The second-order valence-electron chi connectivity index (χ2n) is 6.89. The molecule has 0 fully saturated rings. The monoisotopic (exact) mass is 365 g/mol. The van der Waals surface area contributed by atoms with Crippen molar-refractivity contribution in [2.45, 2.75) is 32.7 Å². The smallest absolute Gasteiger partial charge is 0.258 e. The molecule has 1 amide bonds. The number of aromatic nitrogens is 2. The third-order valence-corrected chi connectivity index (χ3v) is 4.29. The molecular weight excluding hydrogens is 342 g/mol. The van der Waals surface area contributed by atoms with Crippen molar-refractivity contribution in [1.82, 2.24) is 15.5 Å². The third-order valence-electron chi connectivity index (χ3n) is 4.29. The fourth-order valence-electron chi connectivity index (χ4n) is 2.39. The molecule has 0 aliphatic carbocycles. The van der Waals surface area contributed by atoms with Gasteiger partial charge in [-0.2, -0.15) is 4.98 Å². The Morgan fingerprint density at radius 3 is 2.44 bits per heavy atom. The van der Waals surface area contributed by atoms with Gasteiger partial charge in [0.15, 0.2) is 6.61 Å². The number of hydrogen-bond acceptors (Lipinski definition) is 5. The number of rotatable bonds is 7. The molecule has 0 saturated heterocycles. The maximum atomic E-state index is 11.9. The van der Waals surface area contributed by atoms with Crippen LogP contribution in [0.3, 0.4) is 0 Å². The summed E-state index contributed by atoms with van der Waals surface area (Å²) in [6.07, 6.45) is 0.850. The Balaban J connectivity index is 1.61. The first kappa shape index (κ1) is 18.6. The molecule has 0 unspecified atom stereocenters. The lowest BCUT2D eigenvalue weighted by Crippen LogP contribution is -2.44. The Kier molecular flexibility index (Phi) is 5.54. The lowest BCUT2D eigenvalue weighted by Gasteiger charge is -2.24. The normalized spacial score (nSPS) is 11.2. The van der Waals surface area contributed by atoms with Crippen molar-refractivity contribution in [2.75, 3.05) is 6.61 Å². The number of carbonyl (C=O) groups excluding carboxylic acids is 1. The molecule has 1 aromatic heterocycles. The Morgan fingerprint density at radius 1 is 1.07 bits per heavy atom. The van der Waals surface area contributed by atoms with Gasteiger partial charge in [-0.05, 0) is 44.5 Å². The molecule has 0 saturated carbocycles. The van der Waals surface area contributed by atoms with Gasteiger partial charge < -0.3 is 14.6 Å². The molecule has 2 aromatic carbocycles. The molecule has 3 rings (SSSR count). The Morgan fingerprint density at radius 2 is 1.78 bits per heavy atom. The minimum absolute atomic E-state index is 0.0263. The van der Waals surface area contributed by atoms with E-state index in [1.165, 1.54) is 0 Å². The minimum atomic E-state index is -0.237. The number of ether oxygens (including phenoxy) is 1. The Bertz CT molecular complexity index is 887. The van der Waals surface area contributed by atoms with Gasteiger partial charge in [-0.1, -0.05) is 42.4 Å². The molecular formula is C21H23N3O3. The molecule has 0 spiro atoms. The topological polar surface area (TPSA) is 77.2 Å². The zero-order chi connectivity index (χ0) is 19.3. The first-order chi connectivity index (χ1) is 13.0. The van der Waals surface area contributed by atoms with Crippen LogP contribution in [0.15, 0.2) is 59.1 Å². The highest BCUT2D eigenvalue weighted by atomic mass is 16.5. The molecule has 3 aromatic rings. The number of amides is 1. The van der Waals surface area contributed by atoms with E-state index >= 15 is 0 Å². The average Bonchev–Trinajstić information content (AvgIpc) is 3.17. The summed E-state index contributed by atoms with van der Waals surface area (Å²) in [6, 6.07) is 16.8. The molecule has 0 aliphatic rings. The van der Waals surface area contributed by atoms with Gasteiger partial charge in [0.2, 0.25) is 5.82 Å². The van der Waals surface area contributed by atoms with E-state index in [4.69, 9.17) is 9.26 Å². The van der Waals surface area contributed by atoms with Crippen LogP contribution in [0, 0.1) is 0 Å². The average molecular weight is 365 g/mol. The fourth-order valence-corrected chi connectivity index (χ4v) is 2.39. The summed E-state index contributed by atoms with van der Waals surface area (Å²) in [5, 5.41) is 6.95. The van der Waals surface area contributed by atoms with Gasteiger partial charge in [0.05, 0.1) is 0 Å². The maximum absolute atomic E-state index is 11.9. The van der Waals surface area contributed by atoms with E-state index in [1.54, 1.807) is 12.1 Å². The summed E-state index contributed by atoms with van der Waals surface area (Å²) < 4.78 is 10.9. The Labute approximate surface area is 158 Å². The predicted molar refractivity (Wildman–Crippen MR) is 103 cm³/mol. The first-order valence-electron chi connectivity index (χ1n) is 8.90. The Hall–Kier alpha value is -3.15. The van der Waals surface area contributed by atoms with Crippen LogP contribution in [0.5, 0.6) is 5.75 Å². The van der Waals surface area contributed by atoms with Crippen molar-refractivity contribution in [3.8, 4) is 28.6 Å². The van der Waals surface area contributed by atoms with Crippen LogP contribution in [-0.4, -0.2) is 28.2 Å². The number of carbonyl (C=O) groups is 1. The van der Waals surface area contributed by atoms with Crippen molar-refractivity contribution in [3.05, 3.63) is 54.6 Å². The van der Waals surface area contributed by atoms with Crippen LogP contribution in [0.1, 0.15) is 27.2 Å². The summed E-state index contributed by atoms with van der Waals surface area (Å²) >= 11 is 0. The van der Waals surface area contributed by atoms with Gasteiger partial charge in [0.1, 0.15) is 5.75 Å². The van der Waals surface area contributed by atoms with Crippen LogP contribution < -0.4 is 10.1 Å². The highest BCUT2D eigenvalue weighted by Crippen LogP contribution is 2.24. The SMILES string of the molecule is CCC(C)(C)NC(=O)COc1ccc(-c2nc(-c3ccccc3)no2)cc1. The lowest BCUT2D eigenvalue weighted by molar-refractivity contribution is -0.124. The quantitative estimate of drug-likeness (QED) is 0.682. The van der Waals surface area contributed by atoms with Crippen LogP contribution in [0.25, 0.3) is 22.8 Å². The van der Waals surface area contributed by atoms with E-state index in [1.807, 2.05) is 63.2 Å². The summed E-state index contributed by atoms with van der Waals surface area (Å²) in [5.41, 5.74) is 1.45. The van der Waals surface area contributed by atoms with Crippen LogP contribution in [0.2, 0.25) is 0 Å². The van der Waals surface area contributed by atoms with Crippen molar-refractivity contribution in [2.24, 2.45) is 0 Å². The van der Waals surface area contributed by atoms with Gasteiger partial charge in [0.25, 0.3) is 11.8 Å². The second-order valence-corrected chi connectivity index (χ2v) is 6.89. The number of nitrogens with one attached hydrogen (secondary N) is 1. The third kappa shape index (κ3) is 4.94. The molecule has 0 aliphatic heterocycles. The standard InChI is InChI=1S/C21H23N3O3/c1-4-21(2,3)23-18(25)14-26-17-12-10-16(11-13-17)20-22-19(24-27-20)15-8-6-5-7-9-15/h5-13H,4,14H2,1-3H3,(H,23,25). The van der Waals surface area contributed by atoms with Crippen molar-refractivity contribution in [1.29, 1.82) is 0 Å². The molecule has 27 heavy (non-hydrogen) atoms. The zero-order valence-corrected chi connectivity index (χ0v) is 15.7. The molecule has 1 N–H and O–H groups in total. The van der Waals surface area contributed by atoms with Crippen LogP contribution in [-0.2, 0) is 4.79 Å². The summed E-state index contributed by atoms with van der Waals surface area (Å²) in [6.45, 7) is 5.96. The van der Waals surface area contributed by atoms with Crippen molar-refractivity contribution in [3.63, 3.8) is 0 Å². The molecule has 6 heteroatoms. The van der Waals surface area contributed by atoms with Gasteiger partial charge in [0, 0.05) is 16.7 Å². The highest BCUT2D eigenvalue weighted by molar-refractivity contribution is 5.78. The molecule has 0 bridgehead atoms. The molecule has 1 heterocycles. The van der Waals surface area contributed by atoms with Crippen LogP contribution in [0.4, 0.5) is 0 Å². The van der Waals surface area contributed by atoms with Gasteiger partial charge >= 0.3 is 0 Å². The van der Waals surface area contributed by atoms with Gasteiger partial charge in [-0.25, -0.2) is 0 Å². The van der Waals surface area contributed by atoms with E-state index in [-0.39, 0.29) is 18.1 Å². The van der Waals surface area contributed by atoms with E-state index < -0.39 is 0 Å². The van der Waals surface area contributed by atoms with Gasteiger partial charge in [-0.15, -0.1) is 0 Å². The molecule has 0 atom stereocenters. The first-order valence-corrected chi connectivity index (χ1v) is 8.90. The molecule has 6 nitrogen and oxygen atoms in total. The lowest BCUT2D eigenvalue weighted by atomic mass is 10.0. The highest BCUT2D eigenvalue weighted by Gasteiger charge is 2.18. The molecule has 0 radical (unpaired) electrons. The van der Waals surface area contributed by atoms with E-state index in [0.717, 1.165) is 17.5 Å². The number of benzene rings is 2. The van der Waals surface area contributed by atoms with E-state index in [2.05, 4.69) is 15.5 Å². The largest absolute Gasteiger partial charge is 0.484 e. The predicted octanol–water partition coefficient (Wildman–Crippen LogP) is 4.09. The van der Waals surface area contributed by atoms with Gasteiger partial charge in [-0.3, -0.25) is 4.79 Å². The number of hydrogen-bond donors (Lipinski definition) is 1. The van der Waals surface area contributed by atoms with E-state index in [0.29, 0.717) is 17.5 Å². The summed E-state index contributed by atoms with van der Waals surface area (Å²) in [7, 11) is 0. The molecule has 140 valence electrons. The second kappa shape index (κ2) is 8.03. The maximum Gasteiger partial charge on any atom is 0.258 e. The van der Waals surface area contributed by atoms with Crippen LogP contribution >= 0.6 is 0 Å². The summed E-state index contributed by atoms with van der Waals surface area (Å²) in [4.78, 5) is 16.4. The fraction of sp³-hybridized carbons (Fsp3) is 0.286.